The van der Waals surface area contributed by atoms with E-state index in [0.29, 0.717) is 0 Å². The van der Waals surface area contributed by atoms with Crippen LogP contribution >= 0.6 is 11.8 Å². The number of carbonyl (C=O) groups is 1. The third-order valence-electron chi connectivity index (χ3n) is 3.01. The summed E-state index contributed by atoms with van der Waals surface area (Å²) in [5, 5.41) is 0.194. The largest absolute Gasteiger partial charge is 0.374 e. The molecule has 2 rings (SSSR count). The smallest absolute Gasteiger partial charge is 0.185 e. The first-order valence-corrected chi connectivity index (χ1v) is 7.08. The van der Waals surface area contributed by atoms with Crippen LogP contribution in [0.4, 0.5) is 0 Å². The van der Waals surface area contributed by atoms with Crippen LogP contribution in [0.25, 0.3) is 0 Å². The Labute approximate surface area is 107 Å². The van der Waals surface area contributed by atoms with E-state index in [2.05, 4.69) is 24.3 Å². The van der Waals surface area contributed by atoms with Gasteiger partial charge < -0.3 is 4.74 Å². The molecule has 1 aromatic rings. The summed E-state index contributed by atoms with van der Waals surface area (Å²) in [6.07, 6.45) is 3.49. The van der Waals surface area contributed by atoms with Crippen LogP contribution in [0.5, 0.6) is 0 Å². The average Bonchev–Trinajstić information content (AvgIpc) is 2.82. The number of rotatable bonds is 4. The lowest BCUT2D eigenvalue weighted by Crippen LogP contribution is -2.02. The van der Waals surface area contributed by atoms with Crippen LogP contribution in [0.15, 0.2) is 24.3 Å². The highest BCUT2D eigenvalue weighted by molar-refractivity contribution is 8.13. The predicted molar refractivity (Wildman–Crippen MR) is 71.2 cm³/mol. The maximum atomic E-state index is 10.9. The van der Waals surface area contributed by atoms with Crippen molar-refractivity contribution in [3.05, 3.63) is 35.4 Å². The molecule has 1 saturated heterocycles. The van der Waals surface area contributed by atoms with E-state index in [1.807, 2.05) is 0 Å². The standard InChI is InChI=1S/C14H18O2S/c1-11(15)17-10-8-12-5-2-3-6-13(12)14-7-4-9-16-14/h2-3,5-6,14H,4,7-10H2,1H3. The van der Waals surface area contributed by atoms with Crippen molar-refractivity contribution >= 4 is 16.9 Å². The highest BCUT2D eigenvalue weighted by Crippen LogP contribution is 2.31. The van der Waals surface area contributed by atoms with Gasteiger partial charge in [0.05, 0.1) is 6.10 Å². The normalized spacial score (nSPS) is 19.5. The first-order chi connectivity index (χ1) is 8.27. The lowest BCUT2D eigenvalue weighted by molar-refractivity contribution is -0.109. The first-order valence-electron chi connectivity index (χ1n) is 6.10. The van der Waals surface area contributed by atoms with E-state index in [-0.39, 0.29) is 11.2 Å². The third kappa shape index (κ3) is 3.58. The Morgan fingerprint density at radius 2 is 2.29 bits per heavy atom. The van der Waals surface area contributed by atoms with Crippen LogP contribution in [-0.4, -0.2) is 17.5 Å². The fourth-order valence-corrected chi connectivity index (χ4v) is 2.81. The molecule has 0 aromatic heterocycles. The van der Waals surface area contributed by atoms with Gasteiger partial charge in [-0.05, 0) is 30.4 Å². The zero-order chi connectivity index (χ0) is 12.1. The molecule has 0 amide bonds. The minimum Gasteiger partial charge on any atom is -0.374 e. The van der Waals surface area contributed by atoms with Gasteiger partial charge >= 0.3 is 0 Å². The number of hydrogen-bond donors (Lipinski definition) is 0. The quantitative estimate of drug-likeness (QED) is 0.819. The molecule has 1 atom stereocenters. The van der Waals surface area contributed by atoms with Crippen molar-refractivity contribution in [2.24, 2.45) is 0 Å². The van der Waals surface area contributed by atoms with Crippen LogP contribution in [0.3, 0.4) is 0 Å². The average molecular weight is 250 g/mol. The summed E-state index contributed by atoms with van der Waals surface area (Å²) in [5.74, 6) is 0.860. The van der Waals surface area contributed by atoms with E-state index in [0.717, 1.165) is 31.6 Å². The number of thioether (sulfide) groups is 1. The summed E-state index contributed by atoms with van der Waals surface area (Å²) in [5.41, 5.74) is 2.64. The fraction of sp³-hybridized carbons (Fsp3) is 0.500. The highest BCUT2D eigenvalue weighted by atomic mass is 32.2. The number of benzene rings is 1. The molecular formula is C14H18O2S. The van der Waals surface area contributed by atoms with Gasteiger partial charge in [-0.15, -0.1) is 0 Å². The van der Waals surface area contributed by atoms with Crippen molar-refractivity contribution in [2.75, 3.05) is 12.4 Å². The Morgan fingerprint density at radius 3 is 3.00 bits per heavy atom. The molecule has 1 aromatic carbocycles. The van der Waals surface area contributed by atoms with Crippen LogP contribution in [0, 0.1) is 0 Å². The molecule has 1 heterocycles. The fourth-order valence-electron chi connectivity index (χ4n) is 2.20. The molecule has 1 aliphatic heterocycles. The van der Waals surface area contributed by atoms with Gasteiger partial charge in [0, 0.05) is 19.3 Å². The summed E-state index contributed by atoms with van der Waals surface area (Å²) in [6, 6.07) is 8.44. The molecule has 3 heteroatoms. The monoisotopic (exact) mass is 250 g/mol. The number of hydrogen-bond acceptors (Lipinski definition) is 3. The van der Waals surface area contributed by atoms with Crippen LogP contribution < -0.4 is 0 Å². The lowest BCUT2D eigenvalue weighted by atomic mass is 9.99. The minimum absolute atomic E-state index is 0.194. The molecule has 92 valence electrons. The third-order valence-corrected chi connectivity index (χ3v) is 3.82. The second-order valence-electron chi connectivity index (χ2n) is 4.29. The number of aryl methyl sites for hydroxylation is 1. The molecule has 1 aliphatic rings. The Balaban J connectivity index is 2.02. The first kappa shape index (κ1) is 12.7. The van der Waals surface area contributed by atoms with E-state index in [1.54, 1.807) is 6.92 Å². The molecule has 2 nitrogen and oxygen atoms in total. The second kappa shape index (κ2) is 6.22. The van der Waals surface area contributed by atoms with Crippen LogP contribution in [0.2, 0.25) is 0 Å². The zero-order valence-electron chi connectivity index (χ0n) is 10.1. The summed E-state index contributed by atoms with van der Waals surface area (Å²) in [4.78, 5) is 10.9. The molecule has 17 heavy (non-hydrogen) atoms. The second-order valence-corrected chi connectivity index (χ2v) is 5.56. The van der Waals surface area contributed by atoms with Crippen molar-refractivity contribution < 1.29 is 9.53 Å². The molecule has 1 unspecified atom stereocenters. The van der Waals surface area contributed by atoms with Crippen molar-refractivity contribution in [3.63, 3.8) is 0 Å². The van der Waals surface area contributed by atoms with Gasteiger partial charge in [-0.1, -0.05) is 36.0 Å². The van der Waals surface area contributed by atoms with Crippen LogP contribution in [-0.2, 0) is 16.0 Å². The Bertz CT molecular complexity index is 384. The zero-order valence-corrected chi connectivity index (χ0v) is 11.0. The van der Waals surface area contributed by atoms with E-state index >= 15 is 0 Å². The summed E-state index contributed by atoms with van der Waals surface area (Å²) < 4.78 is 5.73. The van der Waals surface area contributed by atoms with Gasteiger partial charge in [0.25, 0.3) is 0 Å². The van der Waals surface area contributed by atoms with Crippen LogP contribution in [0.1, 0.15) is 37.0 Å². The predicted octanol–water partition coefficient (Wildman–Crippen LogP) is 3.36. The lowest BCUT2D eigenvalue weighted by Gasteiger charge is -2.14. The summed E-state index contributed by atoms with van der Waals surface area (Å²) in [6.45, 7) is 2.50. The van der Waals surface area contributed by atoms with Gasteiger partial charge in [0.15, 0.2) is 5.12 Å². The Kier molecular flexibility index (Phi) is 4.63. The van der Waals surface area contributed by atoms with E-state index in [4.69, 9.17) is 4.74 Å². The summed E-state index contributed by atoms with van der Waals surface area (Å²) in [7, 11) is 0. The maximum absolute atomic E-state index is 10.9. The van der Waals surface area contributed by atoms with Crippen molar-refractivity contribution in [1.29, 1.82) is 0 Å². The van der Waals surface area contributed by atoms with Crippen molar-refractivity contribution in [2.45, 2.75) is 32.3 Å². The molecule has 0 aliphatic carbocycles. The van der Waals surface area contributed by atoms with E-state index < -0.39 is 0 Å². The van der Waals surface area contributed by atoms with Gasteiger partial charge in [-0.25, -0.2) is 0 Å². The van der Waals surface area contributed by atoms with E-state index in [9.17, 15) is 4.79 Å². The molecule has 0 saturated carbocycles. The highest BCUT2D eigenvalue weighted by Gasteiger charge is 2.19. The number of carbonyl (C=O) groups excluding carboxylic acids is 1. The molecular weight excluding hydrogens is 232 g/mol. The number of ether oxygens (including phenoxy) is 1. The van der Waals surface area contributed by atoms with Crippen molar-refractivity contribution in [1.82, 2.24) is 0 Å². The topological polar surface area (TPSA) is 26.3 Å². The van der Waals surface area contributed by atoms with Gasteiger partial charge in [-0.2, -0.15) is 0 Å². The molecule has 1 fully saturated rings. The Hall–Kier alpha value is -0.800. The van der Waals surface area contributed by atoms with Gasteiger partial charge in [-0.3, -0.25) is 4.79 Å². The van der Waals surface area contributed by atoms with E-state index in [1.165, 1.54) is 22.9 Å². The molecule has 0 radical (unpaired) electrons. The van der Waals surface area contributed by atoms with Gasteiger partial charge in [0.1, 0.15) is 0 Å². The maximum Gasteiger partial charge on any atom is 0.185 e. The summed E-state index contributed by atoms with van der Waals surface area (Å²) >= 11 is 1.40. The Morgan fingerprint density at radius 1 is 1.47 bits per heavy atom. The minimum atomic E-state index is 0.194. The van der Waals surface area contributed by atoms with Crippen molar-refractivity contribution in [3.8, 4) is 0 Å². The van der Waals surface area contributed by atoms with Gasteiger partial charge in [0.2, 0.25) is 0 Å². The molecule has 0 bridgehead atoms. The molecule has 0 spiro atoms. The molecule has 0 N–H and O–H groups in total. The SMILES string of the molecule is CC(=O)SCCc1ccccc1C1CCCO1.